The van der Waals surface area contributed by atoms with Crippen LogP contribution in [0, 0.1) is 12.3 Å². The molecule has 1 saturated heterocycles. The van der Waals surface area contributed by atoms with Gasteiger partial charge in [0.05, 0.1) is 20.3 Å². The van der Waals surface area contributed by atoms with E-state index < -0.39 is 11.2 Å². The van der Waals surface area contributed by atoms with Crippen molar-refractivity contribution in [2.75, 3.05) is 20.3 Å². The summed E-state index contributed by atoms with van der Waals surface area (Å²) in [6.45, 7) is 8.01. The number of aryl methyl sites for hydroxylation is 1. The van der Waals surface area contributed by atoms with Gasteiger partial charge in [-0.15, -0.1) is 0 Å². The Hall–Kier alpha value is -2.63. The fourth-order valence-corrected chi connectivity index (χ4v) is 2.93. The Morgan fingerprint density at radius 2 is 1.55 bits per heavy atom. The first kappa shape index (κ1) is 21.1. The highest BCUT2D eigenvalue weighted by molar-refractivity contribution is 5.79. The molecule has 154 valence electrons. The molecule has 0 atom stereocenters. The molecule has 5 heteroatoms. The Morgan fingerprint density at radius 1 is 0.931 bits per heavy atom. The summed E-state index contributed by atoms with van der Waals surface area (Å²) in [5.74, 6) is 0.299. The maximum Gasteiger partial charge on any atom is 0.321 e. The number of carbonyl (C=O) groups is 1. The maximum atomic E-state index is 12.6. The van der Waals surface area contributed by atoms with Gasteiger partial charge in [0.1, 0.15) is 16.9 Å². The molecular formula is C24H28O5. The van der Waals surface area contributed by atoms with Crippen molar-refractivity contribution in [2.45, 2.75) is 33.5 Å². The zero-order chi connectivity index (χ0) is 21.1. The number of esters is 1. The molecule has 2 aromatic rings. The second-order valence-electron chi connectivity index (χ2n) is 8.11. The first-order chi connectivity index (χ1) is 13.7. The molecule has 0 unspecified atom stereocenters. The van der Waals surface area contributed by atoms with Gasteiger partial charge < -0.3 is 18.9 Å². The summed E-state index contributed by atoms with van der Waals surface area (Å²) in [6.07, 6.45) is 4.03. The molecule has 5 nitrogen and oxygen atoms in total. The Kier molecular flexibility index (Phi) is 6.10. The van der Waals surface area contributed by atoms with E-state index in [-0.39, 0.29) is 19.2 Å². The van der Waals surface area contributed by atoms with Crippen LogP contribution in [0.3, 0.4) is 0 Å². The quantitative estimate of drug-likeness (QED) is 0.410. The lowest BCUT2D eigenvalue weighted by atomic mass is 9.92. The molecule has 1 heterocycles. The van der Waals surface area contributed by atoms with Crippen molar-refractivity contribution in [2.24, 2.45) is 5.41 Å². The summed E-state index contributed by atoms with van der Waals surface area (Å²) in [5, 5.41) is 0. The number of methoxy groups -OCH3 is 1. The molecule has 29 heavy (non-hydrogen) atoms. The third-order valence-corrected chi connectivity index (χ3v) is 4.84. The molecule has 3 rings (SSSR count). The first-order valence-electron chi connectivity index (χ1n) is 9.63. The minimum Gasteiger partial charge on any atom is -0.497 e. The number of ether oxygens (including phenoxy) is 4. The lowest BCUT2D eigenvalue weighted by molar-refractivity contribution is -0.279. The van der Waals surface area contributed by atoms with Crippen molar-refractivity contribution in [3.63, 3.8) is 0 Å². The average Bonchev–Trinajstić information content (AvgIpc) is 2.69. The summed E-state index contributed by atoms with van der Waals surface area (Å²) >= 11 is 0. The molecule has 2 aromatic carbocycles. The number of benzene rings is 2. The fraction of sp³-hybridized carbons (Fsp3) is 0.375. The molecule has 0 aliphatic carbocycles. The Bertz CT molecular complexity index is 886. The van der Waals surface area contributed by atoms with Gasteiger partial charge in [0.25, 0.3) is 0 Å². The molecule has 1 aliphatic heterocycles. The Labute approximate surface area is 172 Å². The van der Waals surface area contributed by atoms with Gasteiger partial charge in [-0.2, -0.15) is 0 Å². The van der Waals surface area contributed by atoms with E-state index in [1.807, 2.05) is 57.2 Å². The van der Waals surface area contributed by atoms with Gasteiger partial charge in [-0.05, 0) is 68.7 Å². The maximum absolute atomic E-state index is 12.6. The highest BCUT2D eigenvalue weighted by atomic mass is 16.7. The molecule has 0 radical (unpaired) electrons. The van der Waals surface area contributed by atoms with E-state index in [0.717, 1.165) is 22.4 Å². The van der Waals surface area contributed by atoms with Crippen LogP contribution in [-0.2, 0) is 14.3 Å². The molecule has 0 aromatic heterocycles. The van der Waals surface area contributed by atoms with Crippen LogP contribution in [0.25, 0.3) is 12.2 Å². The SMILES string of the molecule is COc1cc(C)cc(/C=C/c2ccc(OC(=O)C3(C)COC(C)(C)OC3)cc2)c1. The van der Waals surface area contributed by atoms with Gasteiger partial charge in [0, 0.05) is 0 Å². The predicted octanol–water partition coefficient (Wildman–Crippen LogP) is 4.87. The largest absolute Gasteiger partial charge is 0.497 e. The van der Waals surface area contributed by atoms with Crippen LogP contribution < -0.4 is 9.47 Å². The van der Waals surface area contributed by atoms with E-state index in [2.05, 4.69) is 6.07 Å². The smallest absolute Gasteiger partial charge is 0.321 e. The number of rotatable bonds is 5. The summed E-state index contributed by atoms with van der Waals surface area (Å²) < 4.78 is 22.1. The van der Waals surface area contributed by atoms with Gasteiger partial charge in [-0.1, -0.05) is 30.4 Å². The molecule has 0 saturated carbocycles. The van der Waals surface area contributed by atoms with Crippen LogP contribution >= 0.6 is 0 Å². The van der Waals surface area contributed by atoms with E-state index in [1.54, 1.807) is 26.2 Å². The van der Waals surface area contributed by atoms with Crippen LogP contribution in [0.1, 0.15) is 37.5 Å². The normalized spacial score (nSPS) is 17.8. The summed E-state index contributed by atoms with van der Waals surface area (Å²) in [4.78, 5) is 12.6. The fourth-order valence-electron chi connectivity index (χ4n) is 2.93. The molecule has 0 amide bonds. The minimum absolute atomic E-state index is 0.264. The number of carbonyl (C=O) groups excluding carboxylic acids is 1. The van der Waals surface area contributed by atoms with E-state index >= 15 is 0 Å². The predicted molar refractivity (Wildman–Crippen MR) is 113 cm³/mol. The number of hydrogen-bond acceptors (Lipinski definition) is 5. The zero-order valence-corrected chi connectivity index (χ0v) is 17.7. The van der Waals surface area contributed by atoms with Gasteiger partial charge in [0.15, 0.2) is 5.79 Å². The highest BCUT2D eigenvalue weighted by Crippen LogP contribution is 2.31. The van der Waals surface area contributed by atoms with Crippen LogP contribution in [0.4, 0.5) is 0 Å². The van der Waals surface area contributed by atoms with Crippen molar-refractivity contribution >= 4 is 18.1 Å². The molecule has 1 aliphatic rings. The van der Waals surface area contributed by atoms with Crippen LogP contribution in [0.5, 0.6) is 11.5 Å². The molecule has 0 N–H and O–H groups in total. The molecule has 0 bridgehead atoms. The second-order valence-corrected chi connectivity index (χ2v) is 8.11. The summed E-state index contributed by atoms with van der Waals surface area (Å²) in [6, 6.07) is 13.4. The Balaban J connectivity index is 1.63. The van der Waals surface area contributed by atoms with Crippen molar-refractivity contribution in [1.29, 1.82) is 0 Å². The van der Waals surface area contributed by atoms with E-state index in [0.29, 0.717) is 5.75 Å². The van der Waals surface area contributed by atoms with E-state index in [1.165, 1.54) is 0 Å². The van der Waals surface area contributed by atoms with Crippen molar-refractivity contribution in [3.8, 4) is 11.5 Å². The van der Waals surface area contributed by atoms with Crippen LogP contribution in [0.2, 0.25) is 0 Å². The van der Waals surface area contributed by atoms with Gasteiger partial charge in [0.2, 0.25) is 0 Å². The standard InChI is InChI=1S/C24H28O5/c1-17-12-19(14-21(13-17)26-5)7-6-18-8-10-20(11-9-18)29-22(25)24(4)15-27-23(2,3)28-16-24/h6-14H,15-16H2,1-5H3/b7-6+. The average molecular weight is 396 g/mol. The molecule has 0 spiro atoms. The van der Waals surface area contributed by atoms with E-state index in [9.17, 15) is 4.79 Å². The third-order valence-electron chi connectivity index (χ3n) is 4.84. The van der Waals surface area contributed by atoms with Crippen molar-refractivity contribution in [3.05, 3.63) is 59.2 Å². The van der Waals surface area contributed by atoms with Gasteiger partial charge >= 0.3 is 5.97 Å². The third kappa shape index (κ3) is 5.46. The monoisotopic (exact) mass is 396 g/mol. The van der Waals surface area contributed by atoms with Gasteiger partial charge in [-0.3, -0.25) is 4.79 Å². The molecular weight excluding hydrogens is 368 g/mol. The first-order valence-corrected chi connectivity index (χ1v) is 9.63. The van der Waals surface area contributed by atoms with Crippen molar-refractivity contribution in [1.82, 2.24) is 0 Å². The zero-order valence-electron chi connectivity index (χ0n) is 17.7. The summed E-state index contributed by atoms with van der Waals surface area (Å²) in [5.41, 5.74) is 2.38. The Morgan fingerprint density at radius 3 is 2.17 bits per heavy atom. The van der Waals surface area contributed by atoms with Gasteiger partial charge in [-0.25, -0.2) is 0 Å². The summed E-state index contributed by atoms with van der Waals surface area (Å²) in [7, 11) is 1.66. The highest BCUT2D eigenvalue weighted by Gasteiger charge is 2.43. The topological polar surface area (TPSA) is 54.0 Å². The lowest BCUT2D eigenvalue weighted by Gasteiger charge is -2.39. The minimum atomic E-state index is -0.821. The number of hydrogen-bond donors (Lipinski definition) is 0. The second kappa shape index (κ2) is 8.39. The van der Waals surface area contributed by atoms with Crippen molar-refractivity contribution < 1.29 is 23.7 Å². The lowest BCUT2D eigenvalue weighted by Crippen LogP contribution is -2.50. The van der Waals surface area contributed by atoms with Crippen LogP contribution in [-0.4, -0.2) is 32.1 Å². The molecule has 1 fully saturated rings. The van der Waals surface area contributed by atoms with E-state index in [4.69, 9.17) is 18.9 Å². The van der Waals surface area contributed by atoms with Crippen LogP contribution in [0.15, 0.2) is 42.5 Å².